The molecule has 2 aromatic rings. The van der Waals surface area contributed by atoms with Crippen molar-refractivity contribution in [2.24, 2.45) is 0 Å². The first-order chi connectivity index (χ1) is 10.2. The normalized spacial score (nSPS) is 17.4. The molecule has 4 nitrogen and oxygen atoms in total. The van der Waals surface area contributed by atoms with Crippen molar-refractivity contribution < 1.29 is 4.74 Å². The maximum atomic E-state index is 5.71. The smallest absolute Gasteiger partial charge is 0.119 e. The van der Waals surface area contributed by atoms with E-state index in [-0.39, 0.29) is 6.10 Å². The van der Waals surface area contributed by atoms with Crippen molar-refractivity contribution in [1.82, 2.24) is 10.2 Å². The van der Waals surface area contributed by atoms with Crippen LogP contribution in [-0.4, -0.2) is 29.4 Å². The molecule has 1 N–H and O–H groups in total. The highest BCUT2D eigenvalue weighted by Gasteiger charge is 2.35. The van der Waals surface area contributed by atoms with Gasteiger partial charge in [0.2, 0.25) is 0 Å². The monoisotopic (exact) mass is 283 g/mol. The Hall–Kier alpha value is -1.97. The first kappa shape index (κ1) is 12.7. The number of hydrogen-bond acceptors (Lipinski definition) is 3. The van der Waals surface area contributed by atoms with E-state index in [0.717, 1.165) is 17.0 Å². The summed E-state index contributed by atoms with van der Waals surface area (Å²) in [5, 5.41) is 7.87. The Kier molecular flexibility index (Phi) is 2.91. The van der Waals surface area contributed by atoms with E-state index in [1.54, 1.807) is 0 Å². The van der Waals surface area contributed by atoms with E-state index < -0.39 is 0 Å². The zero-order valence-corrected chi connectivity index (χ0v) is 12.6. The van der Waals surface area contributed by atoms with Gasteiger partial charge in [-0.3, -0.25) is 5.10 Å². The van der Waals surface area contributed by atoms with Crippen molar-refractivity contribution in [2.75, 3.05) is 18.0 Å². The van der Waals surface area contributed by atoms with Crippen LogP contribution in [0, 0.1) is 0 Å². The summed E-state index contributed by atoms with van der Waals surface area (Å²) in [4.78, 5) is 2.48. The summed E-state index contributed by atoms with van der Waals surface area (Å²) in [7, 11) is 0. The summed E-state index contributed by atoms with van der Waals surface area (Å²) in [5.74, 6) is 1.59. The molecule has 0 amide bonds. The van der Waals surface area contributed by atoms with Gasteiger partial charge in [-0.05, 0) is 51.0 Å². The number of rotatable bonds is 3. The average Bonchev–Trinajstić information content (AvgIpc) is 2.96. The minimum Gasteiger partial charge on any atom is -0.491 e. The molecule has 0 unspecified atom stereocenters. The van der Waals surface area contributed by atoms with E-state index in [2.05, 4.69) is 27.2 Å². The summed E-state index contributed by atoms with van der Waals surface area (Å²) in [5.41, 5.74) is 4.92. The molecule has 0 atom stereocenters. The summed E-state index contributed by atoms with van der Waals surface area (Å²) < 4.78 is 5.71. The van der Waals surface area contributed by atoms with Crippen molar-refractivity contribution in [2.45, 2.75) is 38.7 Å². The Morgan fingerprint density at radius 1 is 1.19 bits per heavy atom. The number of anilines is 1. The number of piperidine rings is 1. The first-order valence-corrected chi connectivity index (χ1v) is 7.82. The molecular formula is C17H21N3O. The van der Waals surface area contributed by atoms with Crippen LogP contribution in [0.1, 0.15) is 38.3 Å². The van der Waals surface area contributed by atoms with Gasteiger partial charge in [-0.1, -0.05) is 0 Å². The van der Waals surface area contributed by atoms with Gasteiger partial charge in [0.15, 0.2) is 0 Å². The number of nitrogens with one attached hydrogen (secondary N) is 1. The lowest BCUT2D eigenvalue weighted by Gasteiger charge is -2.40. The molecule has 5 rings (SSSR count). The summed E-state index contributed by atoms with van der Waals surface area (Å²) in [6.07, 6.45) is 2.72. The van der Waals surface area contributed by atoms with Crippen LogP contribution >= 0.6 is 0 Å². The topological polar surface area (TPSA) is 41.1 Å². The van der Waals surface area contributed by atoms with Gasteiger partial charge in [0.25, 0.3) is 0 Å². The highest BCUT2D eigenvalue weighted by atomic mass is 16.5. The Bertz CT molecular complexity index is 637. The van der Waals surface area contributed by atoms with Crippen molar-refractivity contribution >= 4 is 5.69 Å². The molecule has 2 bridgehead atoms. The number of aromatic amines is 1. The predicted molar refractivity (Wildman–Crippen MR) is 84.0 cm³/mol. The SMILES string of the molecule is CC(C)Oc1ccc(-c2n[nH]c3c2N2CCC3CC2)cc1. The maximum absolute atomic E-state index is 5.71. The minimum atomic E-state index is 0.204. The van der Waals surface area contributed by atoms with Gasteiger partial charge < -0.3 is 9.64 Å². The molecule has 3 aliphatic heterocycles. The molecule has 4 heterocycles. The molecule has 1 fully saturated rings. The van der Waals surface area contributed by atoms with Crippen LogP contribution in [0.2, 0.25) is 0 Å². The molecule has 1 aromatic carbocycles. The zero-order valence-electron chi connectivity index (χ0n) is 12.6. The second-order valence-corrected chi connectivity index (χ2v) is 6.29. The molecule has 110 valence electrons. The standard InChI is InChI=1S/C17H21N3O/c1-11(2)21-14-5-3-12(4-6-14)15-17-16(19-18-15)13-7-9-20(17)10-8-13/h3-6,11,13H,7-10H2,1-2H3,(H,18,19). The number of aromatic nitrogens is 2. The number of benzene rings is 1. The van der Waals surface area contributed by atoms with Crippen LogP contribution in [0.15, 0.2) is 24.3 Å². The van der Waals surface area contributed by atoms with Gasteiger partial charge in [0.05, 0.1) is 17.5 Å². The zero-order chi connectivity index (χ0) is 14.4. The number of fused-ring (bicyclic) bond motifs is 2. The Balaban J connectivity index is 1.69. The molecule has 4 heteroatoms. The lowest BCUT2D eigenvalue weighted by molar-refractivity contribution is 0.242. The Labute approximate surface area is 125 Å². The first-order valence-electron chi connectivity index (χ1n) is 7.82. The predicted octanol–water partition coefficient (Wildman–Crippen LogP) is 3.56. The minimum absolute atomic E-state index is 0.204. The fourth-order valence-electron chi connectivity index (χ4n) is 3.51. The van der Waals surface area contributed by atoms with Crippen LogP contribution in [-0.2, 0) is 0 Å². The lowest BCUT2D eigenvalue weighted by Crippen LogP contribution is -2.38. The highest BCUT2D eigenvalue weighted by molar-refractivity contribution is 5.79. The lowest BCUT2D eigenvalue weighted by atomic mass is 9.86. The molecule has 1 saturated heterocycles. The summed E-state index contributed by atoms with van der Waals surface area (Å²) in [6.45, 7) is 6.42. The fourth-order valence-corrected chi connectivity index (χ4v) is 3.51. The van der Waals surface area contributed by atoms with Crippen molar-refractivity contribution in [3.8, 4) is 17.0 Å². The molecule has 3 aliphatic rings. The van der Waals surface area contributed by atoms with Crippen LogP contribution in [0.25, 0.3) is 11.3 Å². The third-order valence-electron chi connectivity index (χ3n) is 4.49. The van der Waals surface area contributed by atoms with Crippen molar-refractivity contribution in [3.05, 3.63) is 30.0 Å². The summed E-state index contributed by atoms with van der Waals surface area (Å²) >= 11 is 0. The molecule has 21 heavy (non-hydrogen) atoms. The second-order valence-electron chi connectivity index (χ2n) is 6.29. The maximum Gasteiger partial charge on any atom is 0.119 e. The molecule has 0 radical (unpaired) electrons. The van der Waals surface area contributed by atoms with Gasteiger partial charge in [-0.15, -0.1) is 0 Å². The number of ether oxygens (including phenoxy) is 1. The highest BCUT2D eigenvalue weighted by Crippen LogP contribution is 2.45. The van der Waals surface area contributed by atoms with Gasteiger partial charge in [-0.25, -0.2) is 0 Å². The fraction of sp³-hybridized carbons (Fsp3) is 0.471. The molecule has 1 aromatic heterocycles. The third-order valence-corrected chi connectivity index (χ3v) is 4.49. The van der Waals surface area contributed by atoms with E-state index in [4.69, 9.17) is 4.74 Å². The largest absolute Gasteiger partial charge is 0.491 e. The van der Waals surface area contributed by atoms with Gasteiger partial charge in [0.1, 0.15) is 11.4 Å². The van der Waals surface area contributed by atoms with Crippen LogP contribution in [0.3, 0.4) is 0 Å². The van der Waals surface area contributed by atoms with Crippen molar-refractivity contribution in [1.29, 1.82) is 0 Å². The third kappa shape index (κ3) is 2.09. The van der Waals surface area contributed by atoms with Crippen LogP contribution in [0.5, 0.6) is 5.75 Å². The van der Waals surface area contributed by atoms with Crippen LogP contribution in [0.4, 0.5) is 5.69 Å². The number of hydrogen-bond donors (Lipinski definition) is 1. The Morgan fingerprint density at radius 2 is 1.90 bits per heavy atom. The molecular weight excluding hydrogens is 262 g/mol. The average molecular weight is 283 g/mol. The molecule has 0 saturated carbocycles. The quantitative estimate of drug-likeness (QED) is 0.936. The molecule has 0 spiro atoms. The van der Waals surface area contributed by atoms with E-state index in [9.17, 15) is 0 Å². The van der Waals surface area contributed by atoms with Crippen molar-refractivity contribution in [3.63, 3.8) is 0 Å². The van der Waals surface area contributed by atoms with E-state index in [1.807, 2.05) is 26.0 Å². The van der Waals surface area contributed by atoms with E-state index in [1.165, 1.54) is 37.3 Å². The van der Waals surface area contributed by atoms with Gasteiger partial charge >= 0.3 is 0 Å². The van der Waals surface area contributed by atoms with Gasteiger partial charge in [0, 0.05) is 24.6 Å². The number of nitrogens with zero attached hydrogens (tertiary/aromatic N) is 2. The van der Waals surface area contributed by atoms with E-state index >= 15 is 0 Å². The summed E-state index contributed by atoms with van der Waals surface area (Å²) in [6, 6.07) is 8.29. The number of H-pyrrole nitrogens is 1. The molecule has 0 aliphatic carbocycles. The van der Waals surface area contributed by atoms with E-state index in [0.29, 0.717) is 5.92 Å². The Morgan fingerprint density at radius 3 is 2.57 bits per heavy atom. The second kappa shape index (κ2) is 4.79. The van der Waals surface area contributed by atoms with Crippen LogP contribution < -0.4 is 9.64 Å². The van der Waals surface area contributed by atoms with Gasteiger partial charge in [-0.2, -0.15) is 5.10 Å².